The van der Waals surface area contributed by atoms with E-state index in [2.05, 4.69) is 25.7 Å². The van der Waals surface area contributed by atoms with Crippen LogP contribution in [0.4, 0.5) is 4.39 Å². The lowest BCUT2D eigenvalue weighted by molar-refractivity contribution is 0.0903. The van der Waals surface area contributed by atoms with Crippen LogP contribution in [0.3, 0.4) is 0 Å². The summed E-state index contributed by atoms with van der Waals surface area (Å²) in [4.78, 5) is 18.1. The first-order valence-corrected chi connectivity index (χ1v) is 12.8. The van der Waals surface area contributed by atoms with E-state index in [0.29, 0.717) is 23.6 Å². The third kappa shape index (κ3) is 4.44. The van der Waals surface area contributed by atoms with Crippen LogP contribution in [0.25, 0.3) is 16.6 Å². The molecule has 8 nitrogen and oxygen atoms in total. The van der Waals surface area contributed by atoms with Gasteiger partial charge in [-0.3, -0.25) is 9.78 Å². The van der Waals surface area contributed by atoms with Gasteiger partial charge in [0.2, 0.25) is 0 Å². The standard InChI is InChI=1S/C29H28FN7O/c1-29(2,25-18-36(35-33-25)17-20-9-5-8-19-10-7-15-31-26(19)20)32-28(38)27-23-13-3-4-14-24(23)37(34-27)22-12-6-11-21(30)16-22/h5-12,15-16,18H,3-4,13-14,17H2,1-2H3,(H,32,38). The highest BCUT2D eigenvalue weighted by molar-refractivity contribution is 5.94. The topological polar surface area (TPSA) is 90.5 Å². The number of carbonyl (C=O) groups is 1. The van der Waals surface area contributed by atoms with E-state index in [0.717, 1.165) is 53.4 Å². The van der Waals surface area contributed by atoms with Crippen LogP contribution in [0.1, 0.15) is 59.7 Å². The fourth-order valence-electron chi connectivity index (χ4n) is 5.14. The maximum atomic E-state index is 13.9. The zero-order chi connectivity index (χ0) is 26.3. The Morgan fingerprint density at radius 2 is 1.89 bits per heavy atom. The quantitative estimate of drug-likeness (QED) is 0.357. The van der Waals surface area contributed by atoms with E-state index in [-0.39, 0.29) is 11.7 Å². The molecule has 0 fully saturated rings. The Hall–Kier alpha value is -4.40. The molecule has 2 aromatic carbocycles. The number of nitrogens with zero attached hydrogens (tertiary/aromatic N) is 6. The van der Waals surface area contributed by atoms with Gasteiger partial charge in [-0.05, 0) is 69.4 Å². The molecule has 0 aliphatic heterocycles. The molecular formula is C29H28FN7O. The lowest BCUT2D eigenvalue weighted by Crippen LogP contribution is -2.42. The van der Waals surface area contributed by atoms with Crippen molar-refractivity contribution >= 4 is 16.8 Å². The van der Waals surface area contributed by atoms with Gasteiger partial charge in [0.05, 0.1) is 29.5 Å². The highest BCUT2D eigenvalue weighted by Crippen LogP contribution is 2.28. The molecule has 0 unspecified atom stereocenters. The van der Waals surface area contributed by atoms with Gasteiger partial charge in [-0.25, -0.2) is 13.8 Å². The largest absolute Gasteiger partial charge is 0.340 e. The monoisotopic (exact) mass is 509 g/mol. The van der Waals surface area contributed by atoms with Crippen molar-refractivity contribution in [3.63, 3.8) is 0 Å². The van der Waals surface area contributed by atoms with E-state index in [1.165, 1.54) is 12.1 Å². The molecule has 9 heteroatoms. The minimum absolute atomic E-state index is 0.281. The third-order valence-corrected chi connectivity index (χ3v) is 7.10. The molecule has 0 radical (unpaired) electrons. The summed E-state index contributed by atoms with van der Waals surface area (Å²) >= 11 is 0. The average Bonchev–Trinajstić information content (AvgIpc) is 3.55. The minimum atomic E-state index is -0.795. The molecule has 1 amide bonds. The van der Waals surface area contributed by atoms with Gasteiger partial charge in [-0.2, -0.15) is 5.10 Å². The normalized spacial score (nSPS) is 13.4. The molecule has 0 spiro atoms. The van der Waals surface area contributed by atoms with E-state index in [1.54, 1.807) is 27.7 Å². The molecule has 0 atom stereocenters. The molecule has 1 aliphatic carbocycles. The van der Waals surface area contributed by atoms with Crippen LogP contribution in [0.15, 0.2) is 67.0 Å². The Kier molecular flexibility index (Phi) is 5.98. The summed E-state index contributed by atoms with van der Waals surface area (Å²) in [5.41, 5.74) is 4.71. The summed E-state index contributed by atoms with van der Waals surface area (Å²) in [5, 5.41) is 17.5. The van der Waals surface area contributed by atoms with Crippen molar-refractivity contribution in [1.29, 1.82) is 0 Å². The number of hydrogen-bond donors (Lipinski definition) is 1. The zero-order valence-corrected chi connectivity index (χ0v) is 21.4. The van der Waals surface area contributed by atoms with Crippen LogP contribution in [0.2, 0.25) is 0 Å². The first-order chi connectivity index (χ1) is 18.4. The van der Waals surface area contributed by atoms with Crippen molar-refractivity contribution in [2.24, 2.45) is 0 Å². The number of para-hydroxylation sites is 1. The first kappa shape index (κ1) is 24.0. The van der Waals surface area contributed by atoms with E-state index < -0.39 is 5.54 Å². The molecule has 0 bridgehead atoms. The summed E-state index contributed by atoms with van der Waals surface area (Å²) in [6.45, 7) is 4.31. The number of pyridine rings is 1. The number of amides is 1. The number of benzene rings is 2. The van der Waals surface area contributed by atoms with Crippen LogP contribution in [-0.4, -0.2) is 35.7 Å². The fraction of sp³-hybridized carbons (Fsp3) is 0.276. The van der Waals surface area contributed by atoms with Gasteiger partial charge in [-0.15, -0.1) is 5.10 Å². The Balaban J connectivity index is 1.25. The molecule has 1 N–H and O–H groups in total. The van der Waals surface area contributed by atoms with Gasteiger partial charge in [0.15, 0.2) is 5.69 Å². The van der Waals surface area contributed by atoms with Crippen molar-refractivity contribution in [2.45, 2.75) is 51.6 Å². The van der Waals surface area contributed by atoms with Crippen molar-refractivity contribution in [3.8, 4) is 5.69 Å². The maximum Gasteiger partial charge on any atom is 0.272 e. The highest BCUT2D eigenvalue weighted by Gasteiger charge is 2.31. The van der Waals surface area contributed by atoms with E-state index in [9.17, 15) is 9.18 Å². The number of aromatic nitrogens is 6. The molecule has 3 heterocycles. The lowest BCUT2D eigenvalue weighted by atomic mass is 9.94. The molecular weight excluding hydrogens is 481 g/mol. The summed E-state index contributed by atoms with van der Waals surface area (Å²) in [5.74, 6) is -0.617. The number of fused-ring (bicyclic) bond motifs is 2. The molecule has 0 saturated carbocycles. The highest BCUT2D eigenvalue weighted by atomic mass is 19.1. The van der Waals surface area contributed by atoms with Crippen molar-refractivity contribution < 1.29 is 9.18 Å². The Morgan fingerprint density at radius 1 is 1.08 bits per heavy atom. The number of rotatable bonds is 6. The summed E-state index contributed by atoms with van der Waals surface area (Å²) in [6, 6.07) is 16.3. The van der Waals surface area contributed by atoms with Crippen LogP contribution in [0, 0.1) is 5.82 Å². The molecule has 1 aliphatic rings. The van der Waals surface area contributed by atoms with Crippen LogP contribution in [0.5, 0.6) is 0 Å². The molecule has 192 valence electrons. The average molecular weight is 510 g/mol. The number of nitrogens with one attached hydrogen (secondary N) is 1. The second-order valence-corrected chi connectivity index (χ2v) is 10.2. The molecule has 5 aromatic rings. The minimum Gasteiger partial charge on any atom is -0.340 e. The maximum absolute atomic E-state index is 13.9. The molecule has 0 saturated heterocycles. The summed E-state index contributed by atoms with van der Waals surface area (Å²) < 4.78 is 17.4. The van der Waals surface area contributed by atoms with Crippen molar-refractivity contribution in [1.82, 2.24) is 35.1 Å². The van der Waals surface area contributed by atoms with Crippen LogP contribution < -0.4 is 5.32 Å². The van der Waals surface area contributed by atoms with Gasteiger partial charge in [-0.1, -0.05) is 35.5 Å². The van der Waals surface area contributed by atoms with Gasteiger partial charge in [0.25, 0.3) is 5.91 Å². The smallest absolute Gasteiger partial charge is 0.272 e. The zero-order valence-electron chi connectivity index (χ0n) is 21.4. The van der Waals surface area contributed by atoms with Gasteiger partial charge >= 0.3 is 0 Å². The van der Waals surface area contributed by atoms with Crippen LogP contribution >= 0.6 is 0 Å². The van der Waals surface area contributed by atoms with Crippen molar-refractivity contribution in [2.75, 3.05) is 0 Å². The Morgan fingerprint density at radius 3 is 2.76 bits per heavy atom. The SMILES string of the molecule is CC(C)(NC(=O)c1nn(-c2cccc(F)c2)c2c1CCCC2)c1cn(Cc2cccc3cccnc23)nn1. The number of halogens is 1. The molecule has 38 heavy (non-hydrogen) atoms. The second kappa shape index (κ2) is 9.48. The molecule has 3 aromatic heterocycles. The summed E-state index contributed by atoms with van der Waals surface area (Å²) in [7, 11) is 0. The van der Waals surface area contributed by atoms with E-state index >= 15 is 0 Å². The number of hydrogen-bond acceptors (Lipinski definition) is 5. The lowest BCUT2D eigenvalue weighted by Gasteiger charge is -2.23. The predicted molar refractivity (Wildman–Crippen MR) is 142 cm³/mol. The number of carbonyl (C=O) groups excluding carboxylic acids is 1. The summed E-state index contributed by atoms with van der Waals surface area (Å²) in [6.07, 6.45) is 7.20. The predicted octanol–water partition coefficient (Wildman–Crippen LogP) is 4.74. The van der Waals surface area contributed by atoms with E-state index in [4.69, 9.17) is 0 Å². The fourth-order valence-corrected chi connectivity index (χ4v) is 5.14. The Labute approximate surface area is 219 Å². The third-order valence-electron chi connectivity index (χ3n) is 7.10. The van der Waals surface area contributed by atoms with Gasteiger partial charge < -0.3 is 5.32 Å². The van der Waals surface area contributed by atoms with Crippen LogP contribution in [-0.2, 0) is 24.9 Å². The molecule has 6 rings (SSSR count). The Bertz CT molecular complexity index is 1650. The first-order valence-electron chi connectivity index (χ1n) is 12.8. The van der Waals surface area contributed by atoms with Crippen molar-refractivity contribution in [3.05, 3.63) is 101 Å². The van der Waals surface area contributed by atoms with Gasteiger partial charge in [0.1, 0.15) is 11.5 Å². The van der Waals surface area contributed by atoms with E-state index in [1.807, 2.05) is 50.4 Å². The second-order valence-electron chi connectivity index (χ2n) is 10.2. The van der Waals surface area contributed by atoms with Gasteiger partial charge in [0, 0.05) is 22.8 Å².